The third-order valence-electron chi connectivity index (χ3n) is 2.80. The van der Waals surface area contributed by atoms with Gasteiger partial charge in [0, 0.05) is 11.4 Å². The van der Waals surface area contributed by atoms with Crippen LogP contribution in [0.15, 0.2) is 45.2 Å². The predicted molar refractivity (Wildman–Crippen MR) is 78.3 cm³/mol. The number of hydrogen-bond donors (Lipinski definition) is 1. The number of aromatic nitrogens is 1. The average Bonchev–Trinajstić information content (AvgIpc) is 2.84. The smallest absolute Gasteiger partial charge is 0.260 e. The van der Waals surface area contributed by atoms with Gasteiger partial charge in [0.25, 0.3) is 5.22 Å². The largest absolute Gasteiger partial charge is 0.440 e. The van der Waals surface area contributed by atoms with Crippen molar-refractivity contribution in [1.82, 2.24) is 10.3 Å². The van der Waals surface area contributed by atoms with Gasteiger partial charge in [0.2, 0.25) is 0 Å². The molecule has 0 atom stereocenters. The lowest BCUT2D eigenvalue weighted by Crippen LogP contribution is -2.19. The first-order chi connectivity index (χ1) is 9.15. The van der Waals surface area contributed by atoms with Gasteiger partial charge in [-0.1, -0.05) is 19.9 Å². The summed E-state index contributed by atoms with van der Waals surface area (Å²) in [6.45, 7) is 8.55. The Labute approximate surface area is 118 Å². The Hall–Kier alpha value is -1.26. The highest BCUT2D eigenvalue weighted by atomic mass is 32.2. The monoisotopic (exact) mass is 276 g/mol. The van der Waals surface area contributed by atoms with Gasteiger partial charge >= 0.3 is 0 Å². The molecule has 0 bridgehead atoms. The summed E-state index contributed by atoms with van der Waals surface area (Å²) in [6, 6.07) is 6.48. The van der Waals surface area contributed by atoms with E-state index in [-0.39, 0.29) is 0 Å². The SMILES string of the molecule is Cc1cc(Sc2ncco2)ccc1CNCC(C)C. The average molecular weight is 276 g/mol. The summed E-state index contributed by atoms with van der Waals surface area (Å²) in [6.07, 6.45) is 3.26. The van der Waals surface area contributed by atoms with Crippen molar-refractivity contribution >= 4 is 11.8 Å². The summed E-state index contributed by atoms with van der Waals surface area (Å²) in [5, 5.41) is 4.15. The molecule has 3 nitrogen and oxygen atoms in total. The molecule has 0 spiro atoms. The lowest BCUT2D eigenvalue weighted by Gasteiger charge is -2.10. The minimum absolute atomic E-state index is 0.681. The molecule has 0 saturated heterocycles. The number of aryl methyl sites for hydroxylation is 1. The molecule has 102 valence electrons. The van der Waals surface area contributed by atoms with Gasteiger partial charge in [-0.15, -0.1) is 0 Å². The van der Waals surface area contributed by atoms with Crippen molar-refractivity contribution in [2.24, 2.45) is 5.92 Å². The van der Waals surface area contributed by atoms with Gasteiger partial charge in [0.05, 0.1) is 6.20 Å². The molecule has 0 saturated carbocycles. The van der Waals surface area contributed by atoms with Crippen LogP contribution in [0.1, 0.15) is 25.0 Å². The van der Waals surface area contributed by atoms with Crippen LogP contribution in [0, 0.1) is 12.8 Å². The van der Waals surface area contributed by atoms with E-state index < -0.39 is 0 Å². The second kappa shape index (κ2) is 6.78. The number of nitrogens with zero attached hydrogens (tertiary/aromatic N) is 1. The number of benzene rings is 1. The van der Waals surface area contributed by atoms with E-state index in [0.717, 1.165) is 18.0 Å². The van der Waals surface area contributed by atoms with Crippen molar-refractivity contribution in [2.75, 3.05) is 6.54 Å². The van der Waals surface area contributed by atoms with E-state index in [1.54, 1.807) is 24.2 Å². The Balaban J connectivity index is 1.96. The summed E-state index contributed by atoms with van der Waals surface area (Å²) in [5.74, 6) is 0.681. The summed E-state index contributed by atoms with van der Waals surface area (Å²) >= 11 is 1.55. The van der Waals surface area contributed by atoms with E-state index in [1.807, 2.05) is 0 Å². The van der Waals surface area contributed by atoms with Crippen LogP contribution in [0.3, 0.4) is 0 Å². The van der Waals surface area contributed by atoms with Crippen LogP contribution in [0.25, 0.3) is 0 Å². The molecule has 0 aliphatic heterocycles. The molecule has 1 N–H and O–H groups in total. The molecule has 0 unspecified atom stereocenters. The molecule has 4 heteroatoms. The highest BCUT2D eigenvalue weighted by Crippen LogP contribution is 2.27. The summed E-state index contributed by atoms with van der Waals surface area (Å²) in [4.78, 5) is 5.28. The second-order valence-corrected chi connectivity index (χ2v) is 6.04. The molecule has 1 aromatic carbocycles. The first kappa shape index (κ1) is 14.2. The van der Waals surface area contributed by atoms with E-state index in [0.29, 0.717) is 11.1 Å². The van der Waals surface area contributed by atoms with Gasteiger partial charge in [-0.25, -0.2) is 4.98 Å². The van der Waals surface area contributed by atoms with Crippen LogP contribution >= 0.6 is 11.8 Å². The minimum atomic E-state index is 0.681. The minimum Gasteiger partial charge on any atom is -0.440 e. The third kappa shape index (κ3) is 4.40. The second-order valence-electron chi connectivity index (χ2n) is 5.01. The topological polar surface area (TPSA) is 38.1 Å². The van der Waals surface area contributed by atoms with Crippen molar-refractivity contribution in [3.05, 3.63) is 41.8 Å². The quantitative estimate of drug-likeness (QED) is 0.869. The van der Waals surface area contributed by atoms with Crippen LogP contribution in [0.2, 0.25) is 0 Å². The van der Waals surface area contributed by atoms with Crippen molar-refractivity contribution in [3.63, 3.8) is 0 Å². The molecule has 0 radical (unpaired) electrons. The van der Waals surface area contributed by atoms with Crippen molar-refractivity contribution in [3.8, 4) is 0 Å². The van der Waals surface area contributed by atoms with Crippen LogP contribution in [-0.2, 0) is 6.54 Å². The molecule has 2 rings (SSSR count). The molecule has 0 amide bonds. The van der Waals surface area contributed by atoms with Crippen LogP contribution in [0.5, 0.6) is 0 Å². The third-order valence-corrected chi connectivity index (χ3v) is 3.66. The Morgan fingerprint density at radius 2 is 2.21 bits per heavy atom. The van der Waals surface area contributed by atoms with Crippen molar-refractivity contribution in [1.29, 1.82) is 0 Å². The molecular formula is C15H20N2OS. The first-order valence-electron chi connectivity index (χ1n) is 6.52. The molecule has 19 heavy (non-hydrogen) atoms. The summed E-state index contributed by atoms with van der Waals surface area (Å²) in [7, 11) is 0. The van der Waals surface area contributed by atoms with Gasteiger partial charge in [-0.2, -0.15) is 0 Å². The molecule has 0 aliphatic rings. The van der Waals surface area contributed by atoms with Crippen LogP contribution < -0.4 is 5.32 Å². The molecule has 0 fully saturated rings. The Bertz CT molecular complexity index is 509. The highest BCUT2D eigenvalue weighted by molar-refractivity contribution is 7.99. The first-order valence-corrected chi connectivity index (χ1v) is 7.34. The lowest BCUT2D eigenvalue weighted by atomic mass is 10.1. The zero-order chi connectivity index (χ0) is 13.7. The number of nitrogens with one attached hydrogen (secondary N) is 1. The molecular weight excluding hydrogens is 256 g/mol. The zero-order valence-corrected chi connectivity index (χ0v) is 12.5. The zero-order valence-electron chi connectivity index (χ0n) is 11.6. The highest BCUT2D eigenvalue weighted by Gasteiger charge is 2.04. The fourth-order valence-electron chi connectivity index (χ4n) is 1.79. The number of rotatable bonds is 6. The maximum atomic E-state index is 5.24. The Morgan fingerprint density at radius 3 is 2.84 bits per heavy atom. The fourth-order valence-corrected chi connectivity index (χ4v) is 2.58. The van der Waals surface area contributed by atoms with E-state index in [1.165, 1.54) is 11.1 Å². The summed E-state index contributed by atoms with van der Waals surface area (Å²) < 4.78 is 5.24. The fraction of sp³-hybridized carbons (Fsp3) is 0.400. The molecule has 1 heterocycles. The Morgan fingerprint density at radius 1 is 1.37 bits per heavy atom. The van der Waals surface area contributed by atoms with Gasteiger partial charge in [0.15, 0.2) is 0 Å². The van der Waals surface area contributed by atoms with Crippen molar-refractivity contribution in [2.45, 2.75) is 37.4 Å². The van der Waals surface area contributed by atoms with Crippen molar-refractivity contribution < 1.29 is 4.42 Å². The predicted octanol–water partition coefficient (Wildman–Crippen LogP) is 3.88. The number of oxazole rings is 1. The van der Waals surface area contributed by atoms with E-state index in [4.69, 9.17) is 4.42 Å². The molecule has 1 aromatic heterocycles. The Kier molecular flexibility index (Phi) is 5.05. The van der Waals surface area contributed by atoms with Gasteiger partial charge in [-0.05, 0) is 54.4 Å². The van der Waals surface area contributed by atoms with E-state index in [9.17, 15) is 0 Å². The molecule has 2 aromatic rings. The van der Waals surface area contributed by atoms with Gasteiger partial charge in [0.1, 0.15) is 6.26 Å². The normalized spacial score (nSPS) is 11.2. The van der Waals surface area contributed by atoms with E-state index in [2.05, 4.69) is 49.3 Å². The summed E-state index contributed by atoms with van der Waals surface area (Å²) in [5.41, 5.74) is 2.64. The standard InChI is InChI=1S/C15H20N2OS/c1-11(2)9-16-10-13-4-5-14(8-12(13)3)19-15-17-6-7-18-15/h4-8,11,16H,9-10H2,1-3H3. The lowest BCUT2D eigenvalue weighted by molar-refractivity contribution is 0.454. The molecule has 0 aliphatic carbocycles. The number of hydrogen-bond acceptors (Lipinski definition) is 4. The van der Waals surface area contributed by atoms with Gasteiger partial charge in [-0.3, -0.25) is 0 Å². The van der Waals surface area contributed by atoms with Gasteiger partial charge < -0.3 is 9.73 Å². The van der Waals surface area contributed by atoms with E-state index >= 15 is 0 Å². The maximum Gasteiger partial charge on any atom is 0.260 e. The van der Waals surface area contributed by atoms with Crippen LogP contribution in [0.4, 0.5) is 0 Å². The van der Waals surface area contributed by atoms with Crippen LogP contribution in [-0.4, -0.2) is 11.5 Å². The maximum absolute atomic E-state index is 5.24.